The third kappa shape index (κ3) is 5.95. The molecule has 58 heavy (non-hydrogen) atoms. The van der Waals surface area contributed by atoms with E-state index in [1.165, 1.54) is 0 Å². The predicted octanol–water partition coefficient (Wildman–Crippen LogP) is 11.0. The number of anilines is 3. The normalized spacial score (nSPS) is 11.4. The van der Waals surface area contributed by atoms with Crippen LogP contribution in [0.4, 0.5) is 17.1 Å². The highest BCUT2D eigenvalue weighted by Gasteiger charge is 2.16. The molecule has 9 nitrogen and oxygen atoms in total. The first-order valence-electron chi connectivity index (χ1n) is 18.3. The van der Waals surface area contributed by atoms with Crippen molar-refractivity contribution in [3.05, 3.63) is 162 Å². The summed E-state index contributed by atoms with van der Waals surface area (Å²) in [5.41, 5.74) is 20.8. The van der Waals surface area contributed by atoms with Crippen molar-refractivity contribution in [2.45, 2.75) is 0 Å². The van der Waals surface area contributed by atoms with Crippen molar-refractivity contribution < 1.29 is 29.7 Å². The molecular weight excluding hydrogens is 727 g/mol. The summed E-state index contributed by atoms with van der Waals surface area (Å²) in [6.45, 7) is 0. The van der Waals surface area contributed by atoms with E-state index in [0.29, 0.717) is 22.4 Å². The number of rotatable bonds is 3. The van der Waals surface area contributed by atoms with E-state index < -0.39 is 17.9 Å². The fourth-order valence-electron chi connectivity index (χ4n) is 8.22. The number of carbonyl (C=O) groups is 3. The van der Waals surface area contributed by atoms with Gasteiger partial charge in [0.2, 0.25) is 0 Å². The molecule has 11 aromatic rings. The van der Waals surface area contributed by atoms with Crippen LogP contribution in [0.3, 0.4) is 0 Å². The number of aromatic carboxylic acids is 3. The van der Waals surface area contributed by atoms with E-state index in [4.69, 9.17) is 22.3 Å². The molecule has 0 saturated heterocycles. The Morgan fingerprint density at radius 1 is 0.328 bits per heavy atom. The predicted molar refractivity (Wildman–Crippen MR) is 236 cm³/mol. The standard InChI is InChI=1S/2C17H11NO2.C15H11NO2/c18-14-8-4-10-1-5-11-12(17(19)20)6-2-9-3-7-13(14)16(10)15(9)11;18-14-7-11-3-1-9-5-13(17(19)20)6-10-2-4-12(8-14)16(11)15(9)10;16-12-4-6-14-10(8-12)2-1-9-7-11(15(17)18)3-5-13(9)14/h2*1-8H,18H2,(H,19,20);1-8H,16H2,(H,17,18). The van der Waals surface area contributed by atoms with Gasteiger partial charge in [-0.05, 0) is 141 Å². The molecule has 9 heteroatoms. The summed E-state index contributed by atoms with van der Waals surface area (Å²) >= 11 is 0. The summed E-state index contributed by atoms with van der Waals surface area (Å²) in [6.07, 6.45) is 0. The Morgan fingerprint density at radius 2 is 0.741 bits per heavy atom. The fraction of sp³-hybridized carbons (Fsp3) is 0. The lowest BCUT2D eigenvalue weighted by molar-refractivity contribution is 0.0686. The van der Waals surface area contributed by atoms with Gasteiger partial charge in [-0.3, -0.25) is 0 Å². The van der Waals surface area contributed by atoms with Crippen LogP contribution in [0, 0.1) is 0 Å². The highest BCUT2D eigenvalue weighted by molar-refractivity contribution is 6.28. The molecule has 0 radical (unpaired) electrons. The molecule has 0 bridgehead atoms. The monoisotopic (exact) mass is 759 g/mol. The molecule has 280 valence electrons. The number of carboxylic acid groups (broad SMARTS) is 3. The second-order valence-electron chi connectivity index (χ2n) is 14.4. The zero-order valence-corrected chi connectivity index (χ0v) is 30.7. The van der Waals surface area contributed by atoms with Gasteiger partial charge in [0.05, 0.1) is 16.7 Å². The zero-order valence-electron chi connectivity index (χ0n) is 30.7. The van der Waals surface area contributed by atoms with E-state index in [9.17, 15) is 24.6 Å². The molecule has 0 atom stereocenters. The largest absolute Gasteiger partial charge is 0.478 e. The third-order valence-electron chi connectivity index (χ3n) is 10.8. The topological polar surface area (TPSA) is 190 Å². The van der Waals surface area contributed by atoms with E-state index in [1.54, 1.807) is 30.3 Å². The number of carboxylic acids is 3. The fourth-order valence-corrected chi connectivity index (χ4v) is 8.22. The average Bonchev–Trinajstić information content (AvgIpc) is 3.22. The lowest BCUT2D eigenvalue weighted by Crippen LogP contribution is -1.98. The number of nitrogens with two attached hydrogens (primary N) is 3. The van der Waals surface area contributed by atoms with Crippen molar-refractivity contribution in [3.63, 3.8) is 0 Å². The highest BCUT2D eigenvalue weighted by atomic mass is 16.4. The van der Waals surface area contributed by atoms with Crippen LogP contribution < -0.4 is 17.2 Å². The number of hydrogen-bond acceptors (Lipinski definition) is 6. The van der Waals surface area contributed by atoms with Crippen molar-refractivity contribution in [2.75, 3.05) is 17.2 Å². The van der Waals surface area contributed by atoms with Crippen molar-refractivity contribution in [1.29, 1.82) is 0 Å². The second kappa shape index (κ2) is 13.5. The van der Waals surface area contributed by atoms with Crippen LogP contribution in [0.25, 0.3) is 86.2 Å². The van der Waals surface area contributed by atoms with Gasteiger partial charge in [0.25, 0.3) is 0 Å². The van der Waals surface area contributed by atoms with E-state index in [0.717, 1.165) is 97.6 Å². The minimum absolute atomic E-state index is 0.303. The van der Waals surface area contributed by atoms with E-state index >= 15 is 0 Å². The SMILES string of the molecule is Nc1cc2ccc3cc(C(=O)O)cc4ccc(c1)c2c34.Nc1ccc2c(ccc3cc(C(=O)O)ccc32)c1.Nc1ccc2ccc3c(C(=O)O)ccc4ccc1c2c43. The Morgan fingerprint density at radius 3 is 1.33 bits per heavy atom. The quantitative estimate of drug-likeness (QED) is 0.0751. The van der Waals surface area contributed by atoms with Crippen LogP contribution in [-0.2, 0) is 0 Å². The Balaban J connectivity index is 0.000000113. The number of benzene rings is 11. The maximum Gasteiger partial charge on any atom is 0.336 e. The third-order valence-corrected chi connectivity index (χ3v) is 10.8. The highest BCUT2D eigenvalue weighted by Crippen LogP contribution is 2.39. The van der Waals surface area contributed by atoms with Gasteiger partial charge < -0.3 is 32.5 Å². The van der Waals surface area contributed by atoms with Crippen LogP contribution in [0.5, 0.6) is 0 Å². The summed E-state index contributed by atoms with van der Waals surface area (Å²) in [5.74, 6) is -2.72. The molecule has 0 heterocycles. The molecule has 0 unspecified atom stereocenters. The van der Waals surface area contributed by atoms with E-state index in [-0.39, 0.29) is 0 Å². The zero-order chi connectivity index (χ0) is 40.4. The van der Waals surface area contributed by atoms with Crippen LogP contribution in [0.1, 0.15) is 31.1 Å². The minimum atomic E-state index is -0.908. The maximum atomic E-state index is 11.4. The van der Waals surface area contributed by atoms with Gasteiger partial charge in [-0.1, -0.05) is 84.9 Å². The molecule has 0 aliphatic heterocycles. The van der Waals surface area contributed by atoms with Gasteiger partial charge in [0.15, 0.2) is 0 Å². The first-order chi connectivity index (χ1) is 27.9. The molecule has 0 aliphatic carbocycles. The number of nitrogen functional groups attached to an aromatic ring is 3. The number of fused-ring (bicyclic) bond motifs is 3. The van der Waals surface area contributed by atoms with Crippen molar-refractivity contribution in [3.8, 4) is 0 Å². The summed E-state index contributed by atoms with van der Waals surface area (Å²) in [5, 5.41) is 43.8. The molecule has 0 aromatic heterocycles. The molecule has 9 N–H and O–H groups in total. The molecular formula is C49H33N3O6. The van der Waals surface area contributed by atoms with E-state index in [2.05, 4.69) is 0 Å². The van der Waals surface area contributed by atoms with Crippen molar-refractivity contribution in [2.24, 2.45) is 0 Å². The molecule has 0 spiro atoms. The van der Waals surface area contributed by atoms with Gasteiger partial charge in [-0.15, -0.1) is 0 Å². The summed E-state index contributed by atoms with van der Waals surface area (Å²) in [6, 6.07) is 45.2. The van der Waals surface area contributed by atoms with E-state index in [1.807, 2.05) is 115 Å². The summed E-state index contributed by atoms with van der Waals surface area (Å²) in [7, 11) is 0. The molecule has 0 fully saturated rings. The Bertz CT molecular complexity index is 3420. The average molecular weight is 760 g/mol. The Kier molecular flexibility index (Phi) is 8.29. The Hall–Kier alpha value is -8.17. The molecule has 0 amide bonds. The van der Waals surface area contributed by atoms with Crippen LogP contribution in [0.15, 0.2) is 146 Å². The molecule has 0 saturated carbocycles. The van der Waals surface area contributed by atoms with Gasteiger partial charge in [-0.2, -0.15) is 0 Å². The lowest BCUT2D eigenvalue weighted by atomic mass is 9.91. The molecule has 11 rings (SSSR count). The smallest absolute Gasteiger partial charge is 0.336 e. The van der Waals surface area contributed by atoms with Crippen LogP contribution in [-0.4, -0.2) is 33.2 Å². The number of hydrogen-bond donors (Lipinski definition) is 6. The van der Waals surface area contributed by atoms with Gasteiger partial charge in [0.1, 0.15) is 0 Å². The van der Waals surface area contributed by atoms with Crippen molar-refractivity contribution in [1.82, 2.24) is 0 Å². The second-order valence-corrected chi connectivity index (χ2v) is 14.4. The first-order valence-corrected chi connectivity index (χ1v) is 18.3. The van der Waals surface area contributed by atoms with Gasteiger partial charge >= 0.3 is 17.9 Å². The molecule has 11 aromatic carbocycles. The van der Waals surface area contributed by atoms with Gasteiger partial charge in [-0.25, -0.2) is 14.4 Å². The minimum Gasteiger partial charge on any atom is -0.478 e. The van der Waals surface area contributed by atoms with Crippen molar-refractivity contribution >= 4 is 121 Å². The van der Waals surface area contributed by atoms with Gasteiger partial charge in [0, 0.05) is 22.4 Å². The summed E-state index contributed by atoms with van der Waals surface area (Å²) in [4.78, 5) is 33.5. The van der Waals surface area contributed by atoms with Crippen LogP contribution in [0.2, 0.25) is 0 Å². The lowest BCUT2D eigenvalue weighted by Gasteiger charge is -2.13. The molecule has 0 aliphatic rings. The maximum absolute atomic E-state index is 11.4. The summed E-state index contributed by atoms with van der Waals surface area (Å²) < 4.78 is 0. The first kappa shape index (κ1) is 35.5. The Labute approximate surface area is 329 Å². The van der Waals surface area contributed by atoms with Crippen LogP contribution >= 0.6 is 0 Å².